The second-order valence-electron chi connectivity index (χ2n) is 5.24. The highest BCUT2D eigenvalue weighted by Gasteiger charge is 2.12. The summed E-state index contributed by atoms with van der Waals surface area (Å²) in [5.74, 6) is 1.14. The van der Waals surface area contributed by atoms with E-state index in [4.69, 9.17) is 10.5 Å². The Balaban J connectivity index is 0.00000220. The van der Waals surface area contributed by atoms with Crippen LogP contribution in [0.15, 0.2) is 23.3 Å². The van der Waals surface area contributed by atoms with Crippen molar-refractivity contribution in [2.75, 3.05) is 7.11 Å². The number of hydrogen-bond donors (Lipinski definition) is 2. The molecule has 1 saturated carbocycles. The molecule has 1 aliphatic rings. The number of hydrogen-bond acceptors (Lipinski definition) is 3. The van der Waals surface area contributed by atoms with Gasteiger partial charge in [-0.05, 0) is 24.5 Å². The van der Waals surface area contributed by atoms with Gasteiger partial charge in [-0.3, -0.25) is 0 Å². The Hall–Kier alpha value is -1.05. The number of nitrogens with zero attached hydrogens (tertiary/aromatic N) is 2. The van der Waals surface area contributed by atoms with Gasteiger partial charge in [0.25, 0.3) is 0 Å². The number of nitrogens with two attached hydrogens (primary N) is 1. The third kappa shape index (κ3) is 6.50. The van der Waals surface area contributed by atoms with Crippen LogP contribution in [0.25, 0.3) is 0 Å². The minimum absolute atomic E-state index is 0. The van der Waals surface area contributed by atoms with Gasteiger partial charge >= 0.3 is 0 Å². The zero-order chi connectivity index (χ0) is 14.2. The van der Waals surface area contributed by atoms with Gasteiger partial charge in [-0.1, -0.05) is 25.7 Å². The van der Waals surface area contributed by atoms with Crippen molar-refractivity contribution in [1.82, 2.24) is 10.3 Å². The fourth-order valence-corrected chi connectivity index (χ4v) is 2.52. The Kier molecular flexibility index (Phi) is 8.41. The lowest BCUT2D eigenvalue weighted by Crippen LogP contribution is -2.39. The summed E-state index contributed by atoms with van der Waals surface area (Å²) < 4.78 is 5.09. The quantitative estimate of drug-likeness (QED) is 0.350. The van der Waals surface area contributed by atoms with E-state index < -0.39 is 0 Å². The maximum Gasteiger partial charge on any atom is 0.213 e. The minimum atomic E-state index is 0. The first kappa shape index (κ1) is 18.0. The molecule has 21 heavy (non-hydrogen) atoms. The van der Waals surface area contributed by atoms with Gasteiger partial charge in [-0.2, -0.15) is 0 Å². The Bertz CT molecular complexity index is 445. The largest absolute Gasteiger partial charge is 0.481 e. The summed E-state index contributed by atoms with van der Waals surface area (Å²) in [6.45, 7) is 0.546. The molecule has 0 spiro atoms. The monoisotopic (exact) mass is 404 g/mol. The standard InChI is InChI=1S/C15H24N4O.HI/c1-20-14-10-12(8-9-17-14)11-18-15(16)19-13-6-4-2-3-5-7-13;/h8-10,13H,2-7,11H2,1H3,(H3,16,18,19);1H. The van der Waals surface area contributed by atoms with Crippen LogP contribution in [0.4, 0.5) is 0 Å². The van der Waals surface area contributed by atoms with Gasteiger partial charge in [0.2, 0.25) is 5.88 Å². The third-order valence-corrected chi connectivity index (χ3v) is 3.65. The first-order valence-corrected chi connectivity index (χ1v) is 7.33. The van der Waals surface area contributed by atoms with Gasteiger partial charge < -0.3 is 15.8 Å². The summed E-state index contributed by atoms with van der Waals surface area (Å²) in [7, 11) is 1.61. The minimum Gasteiger partial charge on any atom is -0.481 e. The lowest BCUT2D eigenvalue weighted by atomic mass is 10.1. The highest BCUT2D eigenvalue weighted by atomic mass is 127. The third-order valence-electron chi connectivity index (χ3n) is 3.65. The van der Waals surface area contributed by atoms with E-state index in [-0.39, 0.29) is 24.0 Å². The molecule has 1 aromatic heterocycles. The summed E-state index contributed by atoms with van der Waals surface area (Å²) in [6, 6.07) is 4.28. The van der Waals surface area contributed by atoms with Gasteiger partial charge in [0.05, 0.1) is 13.7 Å². The second-order valence-corrected chi connectivity index (χ2v) is 5.24. The zero-order valence-corrected chi connectivity index (χ0v) is 14.9. The smallest absolute Gasteiger partial charge is 0.213 e. The average molecular weight is 404 g/mol. The second kappa shape index (κ2) is 9.81. The maximum atomic E-state index is 5.97. The number of rotatable bonds is 4. The van der Waals surface area contributed by atoms with E-state index in [9.17, 15) is 0 Å². The van der Waals surface area contributed by atoms with E-state index >= 15 is 0 Å². The van der Waals surface area contributed by atoms with E-state index in [0.717, 1.165) is 5.56 Å². The SMILES string of the molecule is COc1cc(CN=C(N)NC2CCCCCC2)ccn1.I. The van der Waals surface area contributed by atoms with Crippen molar-refractivity contribution in [1.29, 1.82) is 0 Å². The Morgan fingerprint density at radius 1 is 1.38 bits per heavy atom. The fourth-order valence-electron chi connectivity index (χ4n) is 2.52. The molecule has 2 rings (SSSR count). The molecule has 1 heterocycles. The molecule has 118 valence electrons. The van der Waals surface area contributed by atoms with Crippen molar-refractivity contribution in [3.8, 4) is 5.88 Å². The number of nitrogens with one attached hydrogen (secondary N) is 1. The Morgan fingerprint density at radius 2 is 2.10 bits per heavy atom. The lowest BCUT2D eigenvalue weighted by Gasteiger charge is -2.16. The van der Waals surface area contributed by atoms with E-state index in [1.54, 1.807) is 13.3 Å². The molecule has 3 N–H and O–H groups in total. The zero-order valence-electron chi connectivity index (χ0n) is 12.5. The Labute approximate surface area is 143 Å². The van der Waals surface area contributed by atoms with Crippen molar-refractivity contribution in [2.45, 2.75) is 51.1 Å². The number of pyridine rings is 1. The molecule has 5 nitrogen and oxygen atoms in total. The van der Waals surface area contributed by atoms with Crippen LogP contribution in [-0.4, -0.2) is 24.1 Å². The number of guanidine groups is 1. The highest BCUT2D eigenvalue weighted by molar-refractivity contribution is 14.0. The lowest BCUT2D eigenvalue weighted by molar-refractivity contribution is 0.397. The van der Waals surface area contributed by atoms with Gasteiger partial charge in [-0.15, -0.1) is 24.0 Å². The van der Waals surface area contributed by atoms with Crippen LogP contribution in [0.5, 0.6) is 5.88 Å². The molecular formula is C15H25IN4O. The molecule has 0 atom stereocenters. The molecule has 0 bridgehead atoms. The number of aliphatic imine (C=N–C) groups is 1. The normalized spacial score (nSPS) is 16.7. The molecule has 0 aliphatic heterocycles. The first-order chi connectivity index (χ1) is 9.78. The average Bonchev–Trinajstić information content (AvgIpc) is 2.74. The van der Waals surface area contributed by atoms with E-state index in [0.29, 0.717) is 24.4 Å². The fraction of sp³-hybridized carbons (Fsp3) is 0.600. The van der Waals surface area contributed by atoms with Crippen molar-refractivity contribution in [3.63, 3.8) is 0 Å². The van der Waals surface area contributed by atoms with E-state index in [1.165, 1.54) is 38.5 Å². The van der Waals surface area contributed by atoms with Crippen molar-refractivity contribution in [2.24, 2.45) is 10.7 Å². The predicted molar refractivity (Wildman–Crippen MR) is 96.2 cm³/mol. The summed E-state index contributed by atoms with van der Waals surface area (Å²) >= 11 is 0. The van der Waals surface area contributed by atoms with Gasteiger partial charge in [0.15, 0.2) is 5.96 Å². The first-order valence-electron chi connectivity index (χ1n) is 7.33. The molecule has 6 heteroatoms. The summed E-state index contributed by atoms with van der Waals surface area (Å²) in [5.41, 5.74) is 7.01. The van der Waals surface area contributed by atoms with E-state index in [1.807, 2.05) is 12.1 Å². The van der Waals surface area contributed by atoms with Crippen LogP contribution >= 0.6 is 24.0 Å². The summed E-state index contributed by atoms with van der Waals surface area (Å²) in [6.07, 6.45) is 9.36. The highest BCUT2D eigenvalue weighted by Crippen LogP contribution is 2.17. The van der Waals surface area contributed by atoms with Crippen molar-refractivity contribution in [3.05, 3.63) is 23.9 Å². The van der Waals surface area contributed by atoms with Crippen LogP contribution in [0.3, 0.4) is 0 Å². The van der Waals surface area contributed by atoms with Crippen LogP contribution in [-0.2, 0) is 6.54 Å². The topological polar surface area (TPSA) is 72.5 Å². The van der Waals surface area contributed by atoms with Crippen LogP contribution in [0.2, 0.25) is 0 Å². The molecular weight excluding hydrogens is 379 g/mol. The van der Waals surface area contributed by atoms with Crippen LogP contribution in [0, 0.1) is 0 Å². The number of ether oxygens (including phenoxy) is 1. The molecule has 1 fully saturated rings. The summed E-state index contributed by atoms with van der Waals surface area (Å²) in [4.78, 5) is 8.47. The number of aromatic nitrogens is 1. The van der Waals surface area contributed by atoms with Crippen molar-refractivity contribution < 1.29 is 4.74 Å². The van der Waals surface area contributed by atoms with Crippen molar-refractivity contribution >= 4 is 29.9 Å². The van der Waals surface area contributed by atoms with Gasteiger partial charge in [0.1, 0.15) is 0 Å². The molecule has 0 radical (unpaired) electrons. The maximum absolute atomic E-state index is 5.97. The van der Waals surface area contributed by atoms with Gasteiger partial charge in [-0.25, -0.2) is 9.98 Å². The molecule has 0 amide bonds. The number of methoxy groups -OCH3 is 1. The van der Waals surface area contributed by atoms with E-state index in [2.05, 4.69) is 15.3 Å². The van der Waals surface area contributed by atoms with Crippen LogP contribution in [0.1, 0.15) is 44.1 Å². The molecule has 1 aromatic rings. The predicted octanol–water partition coefficient (Wildman–Crippen LogP) is 2.84. The van der Waals surface area contributed by atoms with Crippen LogP contribution < -0.4 is 15.8 Å². The summed E-state index contributed by atoms with van der Waals surface area (Å²) in [5, 5.41) is 3.34. The molecule has 0 aromatic carbocycles. The van der Waals surface area contributed by atoms with Gasteiger partial charge in [0, 0.05) is 18.3 Å². The molecule has 1 aliphatic carbocycles. The Morgan fingerprint density at radius 3 is 2.76 bits per heavy atom. The molecule has 0 unspecified atom stereocenters. The molecule has 0 saturated heterocycles. The number of halogens is 1.